The first-order valence-corrected chi connectivity index (χ1v) is 7.21. The van der Waals surface area contributed by atoms with Gasteiger partial charge in [-0.15, -0.1) is 0 Å². The Morgan fingerprint density at radius 3 is 2.67 bits per heavy atom. The summed E-state index contributed by atoms with van der Waals surface area (Å²) < 4.78 is 13.1. The predicted molar refractivity (Wildman–Crippen MR) is 78.4 cm³/mol. The molecule has 0 aliphatic heterocycles. The molecule has 0 aliphatic carbocycles. The number of benzene rings is 1. The summed E-state index contributed by atoms with van der Waals surface area (Å²) in [6.07, 6.45) is 2.42. The second-order valence-corrected chi connectivity index (χ2v) is 5.28. The zero-order chi connectivity index (χ0) is 15.8. The summed E-state index contributed by atoms with van der Waals surface area (Å²) >= 11 is 0. The van der Waals surface area contributed by atoms with Crippen LogP contribution in [0.15, 0.2) is 24.3 Å². The van der Waals surface area contributed by atoms with Crippen LogP contribution in [0.3, 0.4) is 0 Å². The first-order valence-electron chi connectivity index (χ1n) is 7.21. The lowest BCUT2D eigenvalue weighted by atomic mass is 9.99. The Labute approximate surface area is 124 Å². The Hall–Kier alpha value is -1.91. The molecule has 0 bridgehead atoms. The van der Waals surface area contributed by atoms with E-state index in [0.717, 1.165) is 18.4 Å². The number of carboxylic acids is 1. The average Bonchev–Trinajstić information content (AvgIpc) is 2.42. The molecular formula is C16H22FNO3. The van der Waals surface area contributed by atoms with E-state index in [1.807, 2.05) is 6.92 Å². The lowest BCUT2D eigenvalue weighted by Crippen LogP contribution is -2.43. The number of aliphatic carboxylic acids is 1. The van der Waals surface area contributed by atoms with E-state index in [2.05, 4.69) is 5.32 Å². The smallest absolute Gasteiger partial charge is 0.326 e. The van der Waals surface area contributed by atoms with Crippen molar-refractivity contribution in [2.75, 3.05) is 0 Å². The van der Waals surface area contributed by atoms with Gasteiger partial charge in [-0.3, -0.25) is 4.79 Å². The van der Waals surface area contributed by atoms with Crippen molar-refractivity contribution in [3.63, 3.8) is 0 Å². The van der Waals surface area contributed by atoms with Gasteiger partial charge in [-0.1, -0.05) is 38.8 Å². The normalized spacial score (nSPS) is 13.5. The third-order valence-corrected chi connectivity index (χ3v) is 3.34. The quantitative estimate of drug-likeness (QED) is 0.775. The molecule has 0 saturated heterocycles. The van der Waals surface area contributed by atoms with E-state index in [0.29, 0.717) is 12.8 Å². The Morgan fingerprint density at radius 2 is 2.10 bits per heavy atom. The van der Waals surface area contributed by atoms with E-state index >= 15 is 0 Å². The molecule has 0 fully saturated rings. The van der Waals surface area contributed by atoms with Crippen molar-refractivity contribution < 1.29 is 19.1 Å². The summed E-state index contributed by atoms with van der Waals surface area (Å²) in [6.45, 7) is 3.67. The van der Waals surface area contributed by atoms with Crippen molar-refractivity contribution >= 4 is 11.9 Å². The van der Waals surface area contributed by atoms with Crippen LogP contribution in [-0.4, -0.2) is 23.0 Å². The number of carbonyl (C=O) groups excluding carboxylic acids is 1. The van der Waals surface area contributed by atoms with Crippen LogP contribution in [-0.2, 0) is 16.0 Å². The number of hydrogen-bond acceptors (Lipinski definition) is 2. The third kappa shape index (κ3) is 5.94. The Bertz CT molecular complexity index is 490. The number of carboxylic acid groups (broad SMARTS) is 1. The fourth-order valence-corrected chi connectivity index (χ4v) is 2.09. The molecule has 0 radical (unpaired) electrons. The highest BCUT2D eigenvalue weighted by Gasteiger charge is 2.22. The van der Waals surface area contributed by atoms with Gasteiger partial charge in [0.05, 0.1) is 0 Å². The maximum absolute atomic E-state index is 13.1. The van der Waals surface area contributed by atoms with E-state index in [1.54, 1.807) is 19.1 Å². The van der Waals surface area contributed by atoms with Gasteiger partial charge in [0.1, 0.15) is 11.9 Å². The van der Waals surface area contributed by atoms with Crippen LogP contribution in [0.4, 0.5) is 4.39 Å². The van der Waals surface area contributed by atoms with Crippen LogP contribution in [0.25, 0.3) is 0 Å². The Kier molecular flexibility index (Phi) is 6.85. The largest absolute Gasteiger partial charge is 0.480 e. The molecule has 2 atom stereocenters. The zero-order valence-corrected chi connectivity index (χ0v) is 12.4. The van der Waals surface area contributed by atoms with E-state index in [4.69, 9.17) is 5.11 Å². The minimum atomic E-state index is -1.02. The van der Waals surface area contributed by atoms with Gasteiger partial charge in [0.25, 0.3) is 0 Å². The molecule has 2 unspecified atom stereocenters. The molecule has 0 spiro atoms. The van der Waals surface area contributed by atoms with Crippen LogP contribution in [0.5, 0.6) is 0 Å². The fourth-order valence-electron chi connectivity index (χ4n) is 2.09. The molecule has 1 rings (SSSR count). The number of rotatable bonds is 8. The number of unbranched alkanes of at least 4 members (excludes halogenated alkanes) is 1. The van der Waals surface area contributed by atoms with Gasteiger partial charge < -0.3 is 10.4 Å². The molecule has 21 heavy (non-hydrogen) atoms. The fraction of sp³-hybridized carbons (Fsp3) is 0.500. The van der Waals surface area contributed by atoms with E-state index in [1.165, 1.54) is 12.1 Å². The molecule has 0 aromatic heterocycles. The van der Waals surface area contributed by atoms with Crippen molar-refractivity contribution in [3.8, 4) is 0 Å². The molecule has 2 N–H and O–H groups in total. The maximum Gasteiger partial charge on any atom is 0.326 e. The van der Waals surface area contributed by atoms with Crippen molar-refractivity contribution in [3.05, 3.63) is 35.6 Å². The molecule has 1 amide bonds. The van der Waals surface area contributed by atoms with Crippen molar-refractivity contribution in [2.24, 2.45) is 5.92 Å². The van der Waals surface area contributed by atoms with Gasteiger partial charge in [0, 0.05) is 5.92 Å². The Balaban J connectivity index is 2.58. The molecule has 1 aromatic carbocycles. The molecule has 1 aromatic rings. The molecule has 0 heterocycles. The van der Waals surface area contributed by atoms with Gasteiger partial charge in [-0.05, 0) is 30.5 Å². The van der Waals surface area contributed by atoms with Crippen LogP contribution in [0.2, 0.25) is 0 Å². The number of carbonyl (C=O) groups is 2. The van der Waals surface area contributed by atoms with Crippen molar-refractivity contribution in [1.29, 1.82) is 0 Å². The summed E-state index contributed by atoms with van der Waals surface area (Å²) in [5.74, 6) is -2.08. The number of amides is 1. The lowest BCUT2D eigenvalue weighted by molar-refractivity contribution is -0.142. The van der Waals surface area contributed by atoms with Crippen molar-refractivity contribution in [2.45, 2.75) is 45.6 Å². The first-order chi connectivity index (χ1) is 9.93. The summed E-state index contributed by atoms with van der Waals surface area (Å²) in [5, 5.41) is 11.6. The zero-order valence-electron chi connectivity index (χ0n) is 12.4. The van der Waals surface area contributed by atoms with Gasteiger partial charge in [-0.25, -0.2) is 9.18 Å². The van der Waals surface area contributed by atoms with Crippen LogP contribution in [0, 0.1) is 11.7 Å². The second kappa shape index (κ2) is 8.39. The minimum Gasteiger partial charge on any atom is -0.480 e. The first kappa shape index (κ1) is 17.1. The maximum atomic E-state index is 13.1. The van der Waals surface area contributed by atoms with Gasteiger partial charge in [0.2, 0.25) is 5.91 Å². The second-order valence-electron chi connectivity index (χ2n) is 5.28. The summed E-state index contributed by atoms with van der Waals surface area (Å²) in [5.41, 5.74) is 0.720. The highest BCUT2D eigenvalue weighted by atomic mass is 19.1. The molecule has 0 aliphatic rings. The van der Waals surface area contributed by atoms with Gasteiger partial charge in [-0.2, -0.15) is 0 Å². The van der Waals surface area contributed by atoms with Crippen LogP contribution < -0.4 is 5.32 Å². The number of hydrogen-bond donors (Lipinski definition) is 2. The van der Waals surface area contributed by atoms with Crippen LogP contribution >= 0.6 is 0 Å². The third-order valence-electron chi connectivity index (χ3n) is 3.34. The molecule has 5 heteroatoms. The van der Waals surface area contributed by atoms with Crippen LogP contribution in [0.1, 0.15) is 38.7 Å². The average molecular weight is 295 g/mol. The molecule has 4 nitrogen and oxygen atoms in total. The molecule has 116 valence electrons. The highest BCUT2D eigenvalue weighted by Crippen LogP contribution is 2.11. The number of halogens is 1. The van der Waals surface area contributed by atoms with Crippen molar-refractivity contribution in [1.82, 2.24) is 5.32 Å². The van der Waals surface area contributed by atoms with E-state index < -0.39 is 17.9 Å². The van der Waals surface area contributed by atoms with Gasteiger partial charge in [0.15, 0.2) is 0 Å². The summed E-state index contributed by atoms with van der Waals surface area (Å²) in [4.78, 5) is 23.1. The molecule has 0 saturated carbocycles. The topological polar surface area (TPSA) is 66.4 Å². The SMILES string of the molecule is CCCCC(NC(=O)C(C)Cc1cccc(F)c1)C(=O)O. The predicted octanol–water partition coefficient (Wildman–Crippen LogP) is 2.76. The summed E-state index contributed by atoms with van der Waals surface area (Å²) in [7, 11) is 0. The lowest BCUT2D eigenvalue weighted by Gasteiger charge is -2.17. The molecular weight excluding hydrogens is 273 g/mol. The summed E-state index contributed by atoms with van der Waals surface area (Å²) in [6, 6.07) is 5.22. The van der Waals surface area contributed by atoms with E-state index in [9.17, 15) is 14.0 Å². The number of nitrogens with one attached hydrogen (secondary N) is 1. The monoisotopic (exact) mass is 295 g/mol. The highest BCUT2D eigenvalue weighted by molar-refractivity contribution is 5.84. The van der Waals surface area contributed by atoms with E-state index in [-0.39, 0.29) is 11.7 Å². The van der Waals surface area contributed by atoms with Gasteiger partial charge >= 0.3 is 5.97 Å². The Morgan fingerprint density at radius 1 is 1.38 bits per heavy atom. The minimum absolute atomic E-state index is 0.317. The standard InChI is InChI=1S/C16H22FNO3/c1-3-4-8-14(16(20)21)18-15(19)11(2)9-12-6-5-7-13(17)10-12/h5-7,10-11,14H,3-4,8-9H2,1-2H3,(H,18,19)(H,20,21).